The predicted molar refractivity (Wildman–Crippen MR) is 102 cm³/mol. The number of hydrogen-bond acceptors (Lipinski definition) is 1. The van der Waals surface area contributed by atoms with Crippen LogP contribution < -0.4 is 0 Å². The average Bonchev–Trinajstić information content (AvgIpc) is 2.50. The Kier molecular flexibility index (Phi) is 10.1. The second-order valence-corrected chi connectivity index (χ2v) is 11.0. The van der Waals surface area contributed by atoms with Crippen LogP contribution in [-0.4, -0.2) is 14.4 Å². The summed E-state index contributed by atoms with van der Waals surface area (Å²) in [5, 5.41) is 0. The molecule has 0 aromatic carbocycles. The largest absolute Gasteiger partial charge is 0.413 e. The van der Waals surface area contributed by atoms with E-state index in [1.807, 2.05) is 0 Å². The molecule has 0 aromatic heterocycles. The van der Waals surface area contributed by atoms with Crippen LogP contribution >= 0.6 is 0 Å². The molecule has 1 nitrogen and oxygen atoms in total. The average molecular weight is 323 g/mol. The first-order chi connectivity index (χ1) is 10.7. The van der Waals surface area contributed by atoms with Crippen molar-refractivity contribution in [2.45, 2.75) is 95.9 Å². The van der Waals surface area contributed by atoms with Gasteiger partial charge in [-0.1, -0.05) is 64.5 Å². The van der Waals surface area contributed by atoms with E-state index in [2.05, 4.69) is 39.2 Å². The minimum Gasteiger partial charge on any atom is -0.413 e. The number of hydrogen-bond donors (Lipinski definition) is 0. The van der Waals surface area contributed by atoms with Crippen LogP contribution in [0.5, 0.6) is 0 Å². The van der Waals surface area contributed by atoms with Gasteiger partial charge in [0.25, 0.3) is 0 Å². The predicted octanol–water partition coefficient (Wildman–Crippen LogP) is 6.87. The highest BCUT2D eigenvalue weighted by atomic mass is 28.4. The molecule has 128 valence electrons. The highest BCUT2D eigenvalue weighted by Gasteiger charge is 2.41. The van der Waals surface area contributed by atoms with Gasteiger partial charge in [-0.05, 0) is 43.3 Å². The third-order valence-corrected chi connectivity index (χ3v) is 9.27. The van der Waals surface area contributed by atoms with Gasteiger partial charge in [0, 0.05) is 6.10 Å². The van der Waals surface area contributed by atoms with Crippen LogP contribution in [0.4, 0.5) is 0 Å². The molecule has 1 saturated heterocycles. The third-order valence-electron chi connectivity index (χ3n) is 5.20. The standard InChI is InChI=1S/C20H38OSi/c1-5-9-11-13-19-15-18-22(16-7-3,17-8-4)21-20(19)14-12-10-6-2/h7-8,19-20H,3-6,9-18H2,1-2H3. The molecular weight excluding hydrogens is 284 g/mol. The van der Waals surface area contributed by atoms with E-state index in [-0.39, 0.29) is 0 Å². The molecule has 1 fully saturated rings. The Morgan fingerprint density at radius 3 is 2.09 bits per heavy atom. The zero-order valence-electron chi connectivity index (χ0n) is 15.1. The highest BCUT2D eigenvalue weighted by molar-refractivity contribution is 6.74. The van der Waals surface area contributed by atoms with E-state index in [1.54, 1.807) is 0 Å². The van der Waals surface area contributed by atoms with E-state index in [0.717, 1.165) is 18.0 Å². The van der Waals surface area contributed by atoms with Crippen LogP contribution in [0.15, 0.2) is 25.3 Å². The Morgan fingerprint density at radius 2 is 1.55 bits per heavy atom. The summed E-state index contributed by atoms with van der Waals surface area (Å²) in [7, 11) is -1.63. The van der Waals surface area contributed by atoms with Gasteiger partial charge in [-0.25, -0.2) is 0 Å². The van der Waals surface area contributed by atoms with Gasteiger partial charge in [0.05, 0.1) is 0 Å². The van der Waals surface area contributed by atoms with Crippen molar-refractivity contribution in [2.75, 3.05) is 0 Å². The molecule has 2 heteroatoms. The molecule has 1 rings (SSSR count). The lowest BCUT2D eigenvalue weighted by Crippen LogP contribution is -2.48. The van der Waals surface area contributed by atoms with Crippen LogP contribution in [0, 0.1) is 5.92 Å². The van der Waals surface area contributed by atoms with Crippen molar-refractivity contribution in [3.63, 3.8) is 0 Å². The molecule has 0 bridgehead atoms. The maximum atomic E-state index is 6.84. The number of allylic oxidation sites excluding steroid dienone is 2. The Morgan fingerprint density at radius 1 is 0.955 bits per heavy atom. The van der Waals surface area contributed by atoms with Crippen molar-refractivity contribution in [1.29, 1.82) is 0 Å². The summed E-state index contributed by atoms with van der Waals surface area (Å²) in [5.41, 5.74) is 0. The summed E-state index contributed by atoms with van der Waals surface area (Å²) in [4.78, 5) is 0. The summed E-state index contributed by atoms with van der Waals surface area (Å²) < 4.78 is 6.84. The van der Waals surface area contributed by atoms with E-state index in [0.29, 0.717) is 6.10 Å². The highest BCUT2D eigenvalue weighted by Crippen LogP contribution is 2.40. The van der Waals surface area contributed by atoms with Crippen LogP contribution in [0.1, 0.15) is 71.6 Å². The molecule has 22 heavy (non-hydrogen) atoms. The van der Waals surface area contributed by atoms with Gasteiger partial charge in [0.2, 0.25) is 8.32 Å². The summed E-state index contributed by atoms with van der Waals surface area (Å²) in [6.07, 6.45) is 16.8. The monoisotopic (exact) mass is 322 g/mol. The van der Waals surface area contributed by atoms with Crippen molar-refractivity contribution in [3.8, 4) is 0 Å². The minimum absolute atomic E-state index is 0.517. The molecule has 1 aliphatic heterocycles. The fraction of sp³-hybridized carbons (Fsp3) is 0.800. The van der Waals surface area contributed by atoms with Gasteiger partial charge in [-0.2, -0.15) is 0 Å². The van der Waals surface area contributed by atoms with Gasteiger partial charge in [-0.3, -0.25) is 0 Å². The van der Waals surface area contributed by atoms with Crippen LogP contribution in [0.25, 0.3) is 0 Å². The SMILES string of the molecule is C=CC[Si]1(CC=C)CCC(CCCCC)C(CCCCC)O1. The van der Waals surface area contributed by atoms with Gasteiger partial charge < -0.3 is 4.43 Å². The molecule has 0 aromatic rings. The first-order valence-corrected chi connectivity index (χ1v) is 12.1. The second-order valence-electron chi connectivity index (χ2n) is 7.12. The lowest BCUT2D eigenvalue weighted by Gasteiger charge is -2.43. The molecular formula is C20H38OSi. The van der Waals surface area contributed by atoms with Gasteiger partial charge in [-0.15, -0.1) is 13.2 Å². The fourth-order valence-corrected chi connectivity index (χ4v) is 7.68. The third kappa shape index (κ3) is 6.42. The molecule has 2 atom stereocenters. The van der Waals surface area contributed by atoms with Gasteiger partial charge >= 0.3 is 0 Å². The maximum absolute atomic E-state index is 6.84. The van der Waals surface area contributed by atoms with Crippen molar-refractivity contribution < 1.29 is 4.43 Å². The summed E-state index contributed by atoms with van der Waals surface area (Å²) in [5.74, 6) is 0.804. The minimum atomic E-state index is -1.63. The molecule has 1 aliphatic rings. The number of rotatable bonds is 12. The summed E-state index contributed by atoms with van der Waals surface area (Å²) in [6.45, 7) is 12.5. The van der Waals surface area contributed by atoms with Gasteiger partial charge in [0.1, 0.15) is 0 Å². The lowest BCUT2D eigenvalue weighted by molar-refractivity contribution is 0.0798. The van der Waals surface area contributed by atoms with Crippen molar-refractivity contribution in [2.24, 2.45) is 5.92 Å². The maximum Gasteiger partial charge on any atom is 0.200 e. The molecule has 0 radical (unpaired) electrons. The molecule has 0 N–H and O–H groups in total. The van der Waals surface area contributed by atoms with Crippen LogP contribution in [0.3, 0.4) is 0 Å². The normalized spacial score (nSPS) is 24.1. The number of unbranched alkanes of at least 4 members (excludes halogenated alkanes) is 4. The lowest BCUT2D eigenvalue weighted by atomic mass is 9.90. The van der Waals surface area contributed by atoms with E-state index in [1.165, 1.54) is 63.8 Å². The second kappa shape index (κ2) is 11.2. The molecule has 0 amide bonds. The molecule has 2 unspecified atom stereocenters. The topological polar surface area (TPSA) is 9.23 Å². The quantitative estimate of drug-likeness (QED) is 0.216. The van der Waals surface area contributed by atoms with Crippen molar-refractivity contribution in [3.05, 3.63) is 25.3 Å². The van der Waals surface area contributed by atoms with E-state index in [4.69, 9.17) is 4.43 Å². The Bertz CT molecular complexity index is 303. The Hall–Kier alpha value is -0.343. The first kappa shape index (κ1) is 19.7. The summed E-state index contributed by atoms with van der Waals surface area (Å²) >= 11 is 0. The molecule has 1 heterocycles. The Balaban J connectivity index is 2.67. The molecule has 0 spiro atoms. The zero-order chi connectivity index (χ0) is 16.3. The fourth-order valence-electron chi connectivity index (χ4n) is 3.90. The molecule has 0 saturated carbocycles. The van der Waals surface area contributed by atoms with E-state index < -0.39 is 8.32 Å². The first-order valence-electron chi connectivity index (χ1n) is 9.61. The van der Waals surface area contributed by atoms with E-state index in [9.17, 15) is 0 Å². The van der Waals surface area contributed by atoms with Crippen LogP contribution in [-0.2, 0) is 4.43 Å². The van der Waals surface area contributed by atoms with Crippen LogP contribution in [0.2, 0.25) is 18.1 Å². The summed E-state index contributed by atoms with van der Waals surface area (Å²) in [6, 6.07) is 3.52. The van der Waals surface area contributed by atoms with Crippen molar-refractivity contribution >= 4 is 8.32 Å². The van der Waals surface area contributed by atoms with Crippen molar-refractivity contribution in [1.82, 2.24) is 0 Å². The zero-order valence-corrected chi connectivity index (χ0v) is 16.1. The smallest absolute Gasteiger partial charge is 0.200 e. The Labute approximate surface area is 140 Å². The van der Waals surface area contributed by atoms with Gasteiger partial charge in [0.15, 0.2) is 0 Å². The molecule has 0 aliphatic carbocycles. The van der Waals surface area contributed by atoms with E-state index >= 15 is 0 Å².